The monoisotopic (exact) mass is 247 g/mol. The molecule has 0 aliphatic carbocycles. The van der Waals surface area contributed by atoms with E-state index in [1.54, 1.807) is 12.2 Å². The van der Waals surface area contributed by atoms with Crippen molar-refractivity contribution in [1.29, 1.82) is 0 Å². The van der Waals surface area contributed by atoms with E-state index in [9.17, 15) is 4.79 Å². The van der Waals surface area contributed by atoms with Gasteiger partial charge in [0.1, 0.15) is 0 Å². The van der Waals surface area contributed by atoms with Crippen LogP contribution in [0, 0.1) is 0 Å². The lowest BCUT2D eigenvalue weighted by Gasteiger charge is -2.34. The van der Waals surface area contributed by atoms with Crippen LogP contribution in [0.1, 0.15) is 25.7 Å². The van der Waals surface area contributed by atoms with Crippen molar-refractivity contribution in [2.45, 2.75) is 37.3 Å². The fourth-order valence-electron chi connectivity index (χ4n) is 2.90. The third-order valence-electron chi connectivity index (χ3n) is 3.73. The highest BCUT2D eigenvalue weighted by atomic mass is 16.5. The third-order valence-corrected chi connectivity index (χ3v) is 3.73. The Morgan fingerprint density at radius 3 is 2.94 bits per heavy atom. The molecule has 2 bridgehead atoms. The van der Waals surface area contributed by atoms with Crippen molar-refractivity contribution in [1.82, 2.24) is 4.90 Å². The van der Waals surface area contributed by atoms with Crippen LogP contribution < -0.4 is 0 Å². The molecule has 0 unspecified atom stereocenters. The molecular formula is C15H21NO2. The summed E-state index contributed by atoms with van der Waals surface area (Å²) in [7, 11) is 0. The van der Waals surface area contributed by atoms with Crippen LogP contribution in [0.4, 0.5) is 0 Å². The van der Waals surface area contributed by atoms with Crippen LogP contribution in [0.25, 0.3) is 0 Å². The Hall–Kier alpha value is -1.35. The number of allylic oxidation sites excluding steroid dienone is 1. The number of hydrogen-bond acceptors (Lipinski definition) is 2. The van der Waals surface area contributed by atoms with Gasteiger partial charge in [-0.1, -0.05) is 24.3 Å². The highest BCUT2D eigenvalue weighted by Gasteiger charge is 2.50. The average molecular weight is 247 g/mol. The molecule has 3 nitrogen and oxygen atoms in total. The summed E-state index contributed by atoms with van der Waals surface area (Å²) in [6, 6.07) is 0.273. The van der Waals surface area contributed by atoms with Crippen LogP contribution in [0.3, 0.4) is 0 Å². The molecule has 1 amide bonds. The van der Waals surface area contributed by atoms with Crippen LogP contribution in [0.5, 0.6) is 0 Å². The van der Waals surface area contributed by atoms with Gasteiger partial charge in [0.25, 0.3) is 0 Å². The highest BCUT2D eigenvalue weighted by molar-refractivity contribution is 5.79. The molecule has 0 N–H and O–H groups in total. The van der Waals surface area contributed by atoms with Gasteiger partial charge >= 0.3 is 0 Å². The molecule has 2 atom stereocenters. The van der Waals surface area contributed by atoms with Crippen molar-refractivity contribution in [3.63, 3.8) is 0 Å². The number of ether oxygens (including phenoxy) is 1. The number of rotatable bonds is 7. The Morgan fingerprint density at radius 1 is 1.50 bits per heavy atom. The maximum absolute atomic E-state index is 12.3. The molecule has 0 radical (unpaired) electrons. The molecule has 0 saturated carbocycles. The number of fused-ring (bicyclic) bond motifs is 2. The summed E-state index contributed by atoms with van der Waals surface area (Å²) in [6.45, 7) is 8.42. The van der Waals surface area contributed by atoms with Gasteiger partial charge < -0.3 is 9.64 Å². The SMILES string of the molecule is C=CCCC(=O)N1[C@H]2C=C[C@]1(COCC=C)CC2. The Morgan fingerprint density at radius 2 is 2.33 bits per heavy atom. The van der Waals surface area contributed by atoms with E-state index in [4.69, 9.17) is 4.74 Å². The second-order valence-electron chi connectivity index (χ2n) is 4.96. The van der Waals surface area contributed by atoms with Crippen molar-refractivity contribution in [3.8, 4) is 0 Å². The lowest BCUT2D eigenvalue weighted by atomic mass is 9.94. The normalized spacial score (nSPS) is 28.7. The van der Waals surface area contributed by atoms with Gasteiger partial charge in [0.15, 0.2) is 0 Å². The molecule has 2 rings (SSSR count). The predicted octanol–water partition coefficient (Wildman–Crippen LogP) is 2.45. The van der Waals surface area contributed by atoms with Gasteiger partial charge in [-0.15, -0.1) is 13.2 Å². The quantitative estimate of drug-likeness (QED) is 0.511. The minimum Gasteiger partial charge on any atom is -0.375 e. The van der Waals surface area contributed by atoms with Gasteiger partial charge in [-0.05, 0) is 19.3 Å². The summed E-state index contributed by atoms with van der Waals surface area (Å²) in [5, 5.41) is 0. The molecule has 18 heavy (non-hydrogen) atoms. The number of amides is 1. The first-order chi connectivity index (χ1) is 8.73. The minimum absolute atomic E-state index is 0.202. The Balaban J connectivity index is 2.02. The van der Waals surface area contributed by atoms with Crippen LogP contribution in [0.15, 0.2) is 37.5 Å². The molecule has 2 aliphatic heterocycles. The smallest absolute Gasteiger partial charge is 0.224 e. The van der Waals surface area contributed by atoms with Crippen molar-refractivity contribution >= 4 is 5.91 Å². The topological polar surface area (TPSA) is 29.5 Å². The summed E-state index contributed by atoms with van der Waals surface area (Å²) in [5.74, 6) is 0.213. The summed E-state index contributed by atoms with van der Waals surface area (Å²) in [5.41, 5.74) is -0.202. The van der Waals surface area contributed by atoms with E-state index >= 15 is 0 Å². The van der Waals surface area contributed by atoms with E-state index in [1.165, 1.54) is 0 Å². The van der Waals surface area contributed by atoms with Crippen LogP contribution in [0.2, 0.25) is 0 Å². The molecule has 2 aliphatic rings. The molecule has 1 saturated heterocycles. The molecule has 0 aromatic rings. The first kappa shape index (κ1) is 13.1. The fraction of sp³-hybridized carbons (Fsp3) is 0.533. The second kappa shape index (κ2) is 5.53. The molecule has 0 spiro atoms. The lowest BCUT2D eigenvalue weighted by molar-refractivity contribution is -0.136. The Labute approximate surface area is 109 Å². The molecule has 2 heterocycles. The van der Waals surface area contributed by atoms with Gasteiger partial charge in [-0.2, -0.15) is 0 Å². The molecular weight excluding hydrogens is 226 g/mol. The van der Waals surface area contributed by atoms with Crippen LogP contribution >= 0.6 is 0 Å². The molecule has 0 aromatic heterocycles. The van der Waals surface area contributed by atoms with E-state index in [0.717, 1.165) is 19.3 Å². The summed E-state index contributed by atoms with van der Waals surface area (Å²) in [6.07, 6.45) is 11.2. The van der Waals surface area contributed by atoms with Gasteiger partial charge in [-0.25, -0.2) is 0 Å². The number of carbonyl (C=O) groups excluding carboxylic acids is 1. The van der Waals surface area contributed by atoms with Crippen molar-refractivity contribution in [3.05, 3.63) is 37.5 Å². The average Bonchev–Trinajstić information content (AvgIpc) is 2.91. The zero-order valence-electron chi connectivity index (χ0n) is 10.8. The zero-order chi connectivity index (χ0) is 13.0. The Kier molecular flexibility index (Phi) is 4.02. The van der Waals surface area contributed by atoms with Crippen molar-refractivity contribution in [2.24, 2.45) is 0 Å². The van der Waals surface area contributed by atoms with Crippen LogP contribution in [-0.2, 0) is 9.53 Å². The first-order valence-electron chi connectivity index (χ1n) is 6.54. The lowest BCUT2D eigenvalue weighted by Crippen LogP contribution is -2.48. The standard InChI is InChI=1S/C15H21NO2/c1-3-5-6-14(17)16-13-7-9-15(16,10-8-13)12-18-11-4-2/h3-4,7,9,13H,1-2,5-6,8,10-12H2/t13-,15+/m0/s1. The number of carbonyl (C=O) groups is 1. The summed E-state index contributed by atoms with van der Waals surface area (Å²) in [4.78, 5) is 14.3. The molecule has 1 fully saturated rings. The van der Waals surface area contributed by atoms with Gasteiger partial charge in [0, 0.05) is 6.42 Å². The molecule has 98 valence electrons. The van der Waals surface area contributed by atoms with E-state index in [1.807, 2.05) is 4.90 Å². The maximum Gasteiger partial charge on any atom is 0.224 e. The Bertz CT molecular complexity index is 375. The number of nitrogens with zero attached hydrogens (tertiary/aromatic N) is 1. The predicted molar refractivity (Wildman–Crippen MR) is 72.2 cm³/mol. The minimum atomic E-state index is -0.202. The summed E-state index contributed by atoms with van der Waals surface area (Å²) >= 11 is 0. The first-order valence-corrected chi connectivity index (χ1v) is 6.54. The van der Waals surface area contributed by atoms with E-state index in [2.05, 4.69) is 25.3 Å². The molecule has 0 aromatic carbocycles. The summed E-state index contributed by atoms with van der Waals surface area (Å²) < 4.78 is 5.59. The fourth-order valence-corrected chi connectivity index (χ4v) is 2.90. The van der Waals surface area contributed by atoms with Gasteiger partial charge in [0.05, 0.1) is 24.8 Å². The maximum atomic E-state index is 12.3. The van der Waals surface area contributed by atoms with Crippen molar-refractivity contribution in [2.75, 3.05) is 13.2 Å². The number of hydrogen-bond donors (Lipinski definition) is 0. The van der Waals surface area contributed by atoms with E-state index < -0.39 is 0 Å². The zero-order valence-corrected chi connectivity index (χ0v) is 10.8. The highest BCUT2D eigenvalue weighted by Crippen LogP contribution is 2.42. The van der Waals surface area contributed by atoms with Gasteiger partial charge in [0.2, 0.25) is 5.91 Å². The van der Waals surface area contributed by atoms with Gasteiger partial charge in [-0.3, -0.25) is 4.79 Å². The van der Waals surface area contributed by atoms with E-state index in [0.29, 0.717) is 19.6 Å². The molecule has 3 heteroatoms. The third kappa shape index (κ3) is 2.27. The second-order valence-corrected chi connectivity index (χ2v) is 4.96. The largest absolute Gasteiger partial charge is 0.375 e. The van der Waals surface area contributed by atoms with Crippen molar-refractivity contribution < 1.29 is 9.53 Å². The van der Waals surface area contributed by atoms with E-state index in [-0.39, 0.29) is 17.5 Å². The van der Waals surface area contributed by atoms with Crippen LogP contribution in [-0.4, -0.2) is 35.6 Å².